The Kier molecular flexibility index (Phi) is 14.8. The first-order chi connectivity index (χ1) is 20.3. The fourth-order valence-corrected chi connectivity index (χ4v) is 4.64. The maximum atomic E-state index is 12.7. The van der Waals surface area contributed by atoms with Crippen molar-refractivity contribution in [3.8, 4) is 0 Å². The van der Waals surface area contributed by atoms with E-state index in [1.54, 1.807) is 6.92 Å². The third-order valence-corrected chi connectivity index (χ3v) is 7.11. The zero-order chi connectivity index (χ0) is 32.5. The quantitative estimate of drug-likeness (QED) is 0.0465. The molecule has 2 aliphatic heterocycles. The number of aliphatic carboxylic acids is 1. The van der Waals surface area contributed by atoms with Crippen molar-refractivity contribution >= 4 is 11.9 Å². The molecule has 0 bridgehead atoms. The molecule has 0 spiro atoms. The summed E-state index contributed by atoms with van der Waals surface area (Å²) in [6, 6.07) is -1.07. The number of hydrogen-bond acceptors (Lipinski definition) is 15. The Labute approximate surface area is 248 Å². The summed E-state index contributed by atoms with van der Waals surface area (Å²) in [5.74, 6) is -5.09. The number of aliphatic hydroxyl groups is 7. The molecule has 1 amide bonds. The van der Waals surface area contributed by atoms with Crippen LogP contribution in [0.25, 0.3) is 0 Å². The lowest BCUT2D eigenvalue weighted by atomic mass is 9.94. The molecular formula is C26H45NO16. The molecule has 0 aromatic heterocycles. The Morgan fingerprint density at radius 1 is 1.14 bits per heavy atom. The lowest BCUT2D eigenvalue weighted by molar-refractivity contribution is -0.395. The van der Waals surface area contributed by atoms with Crippen molar-refractivity contribution in [2.75, 3.05) is 33.0 Å². The number of carboxylic acids is 1. The van der Waals surface area contributed by atoms with Crippen molar-refractivity contribution in [3.63, 3.8) is 0 Å². The summed E-state index contributed by atoms with van der Waals surface area (Å²) in [5, 5.41) is 83.6. The van der Waals surface area contributed by atoms with E-state index in [4.69, 9.17) is 28.4 Å². The van der Waals surface area contributed by atoms with Gasteiger partial charge in [-0.1, -0.05) is 13.5 Å². The average molecular weight is 628 g/mol. The van der Waals surface area contributed by atoms with Crippen LogP contribution in [0, 0.1) is 0 Å². The normalized spacial score (nSPS) is 29.1. The predicted octanol–water partition coefficient (Wildman–Crippen LogP) is -3.68. The van der Waals surface area contributed by atoms with Crippen LogP contribution in [0.3, 0.4) is 0 Å². The molecule has 2 aliphatic rings. The van der Waals surface area contributed by atoms with Gasteiger partial charge in [0.15, 0.2) is 12.6 Å². The molecule has 12 atom stereocenters. The van der Waals surface area contributed by atoms with Gasteiger partial charge in [-0.2, -0.15) is 0 Å². The van der Waals surface area contributed by atoms with Crippen molar-refractivity contribution in [3.05, 3.63) is 12.2 Å². The Bertz CT molecular complexity index is 908. The van der Waals surface area contributed by atoms with Gasteiger partial charge < -0.3 is 74.6 Å². The van der Waals surface area contributed by atoms with Crippen molar-refractivity contribution in [2.24, 2.45) is 0 Å². The van der Waals surface area contributed by atoms with Gasteiger partial charge in [-0.15, -0.1) is 0 Å². The minimum absolute atomic E-state index is 0.00642. The van der Waals surface area contributed by atoms with E-state index < -0.39 is 118 Å². The first-order valence-electron chi connectivity index (χ1n) is 13.9. The summed E-state index contributed by atoms with van der Waals surface area (Å²) in [7, 11) is 0. The number of aliphatic hydroxyl groups excluding tert-OH is 7. The number of carbonyl (C=O) groups is 2. The number of ether oxygens (including phenoxy) is 6. The van der Waals surface area contributed by atoms with E-state index in [9.17, 15) is 50.4 Å². The number of amides is 1. The molecule has 9 N–H and O–H groups in total. The Morgan fingerprint density at radius 3 is 2.26 bits per heavy atom. The number of hydrogen-bond donors (Lipinski definition) is 9. The van der Waals surface area contributed by atoms with E-state index in [2.05, 4.69) is 11.9 Å². The average Bonchev–Trinajstić information content (AvgIpc) is 2.95. The summed E-state index contributed by atoms with van der Waals surface area (Å²) in [4.78, 5) is 24.5. The molecule has 2 saturated heterocycles. The fraction of sp³-hybridized carbons (Fsp3) is 0.846. The third kappa shape index (κ3) is 9.33. The van der Waals surface area contributed by atoms with Crippen LogP contribution in [0.2, 0.25) is 0 Å². The standard InChI is InChI=1S/C26H45NO16/c1-5-18(33)39-15(9-30)16(10-31)40-24-20(35)23(22-17(41-24)11-38-22)43-26(6-7-28,25(36)37)42-21(13(3)27-14(4)32)19(34)12(2)8-29/h13,15-24,28-31,33-35H,2,5-11H2,1,3-4H3,(H,27,32)(H,36,37)/t13?,15?,16-,17?,18+,19+,20?,21+,22-,23+,24+,26?/m0/s1. The second kappa shape index (κ2) is 17.0. The maximum absolute atomic E-state index is 12.7. The SMILES string of the molecule is C=C(CO)[C@@H](O)[C@H](OC(CCO)(O[C@@H]1C(O)[C@H](O[C@@H](CO)C(CO)O[C@@H](O)CC)OC2CO[C@@H]21)C(=O)O)C(C)NC(C)=O. The Balaban J connectivity index is 2.42. The number of carbonyl (C=O) groups excluding carboxylic acids is 1. The topological polar surface area (TPSA) is 263 Å². The zero-order valence-electron chi connectivity index (χ0n) is 24.4. The predicted molar refractivity (Wildman–Crippen MR) is 142 cm³/mol. The second-order valence-corrected chi connectivity index (χ2v) is 10.4. The highest BCUT2D eigenvalue weighted by Crippen LogP contribution is 2.37. The summed E-state index contributed by atoms with van der Waals surface area (Å²) in [6.45, 7) is 4.80. The van der Waals surface area contributed by atoms with Gasteiger partial charge in [0.05, 0.1) is 32.5 Å². The highest BCUT2D eigenvalue weighted by Gasteiger charge is 2.58. The lowest BCUT2D eigenvalue weighted by Crippen LogP contribution is -2.69. The van der Waals surface area contributed by atoms with E-state index in [-0.39, 0.29) is 18.6 Å². The van der Waals surface area contributed by atoms with E-state index in [0.29, 0.717) is 0 Å². The van der Waals surface area contributed by atoms with Crippen LogP contribution in [-0.4, -0.2) is 159 Å². The van der Waals surface area contributed by atoms with Gasteiger partial charge in [0.25, 0.3) is 5.79 Å². The third-order valence-electron chi connectivity index (χ3n) is 7.11. The van der Waals surface area contributed by atoms with Crippen LogP contribution < -0.4 is 5.32 Å². The summed E-state index contributed by atoms with van der Waals surface area (Å²) >= 11 is 0. The van der Waals surface area contributed by atoms with E-state index in [1.165, 1.54) is 13.8 Å². The zero-order valence-corrected chi connectivity index (χ0v) is 24.4. The summed E-state index contributed by atoms with van der Waals surface area (Å²) in [6.07, 6.45) is -14.5. The van der Waals surface area contributed by atoms with Crippen LogP contribution in [-0.2, 0) is 38.0 Å². The number of nitrogens with one attached hydrogen (secondary N) is 1. The highest BCUT2D eigenvalue weighted by atomic mass is 16.8. The lowest BCUT2D eigenvalue weighted by Gasteiger charge is -2.52. The minimum atomic E-state index is -2.77. The van der Waals surface area contributed by atoms with Crippen LogP contribution in [0.1, 0.15) is 33.6 Å². The van der Waals surface area contributed by atoms with Gasteiger partial charge in [-0.25, -0.2) is 4.79 Å². The van der Waals surface area contributed by atoms with E-state index in [0.717, 1.165) is 0 Å². The van der Waals surface area contributed by atoms with Crippen LogP contribution in [0.5, 0.6) is 0 Å². The molecule has 0 aliphatic carbocycles. The molecule has 0 radical (unpaired) electrons. The Hall–Kier alpha value is -1.84. The van der Waals surface area contributed by atoms with Crippen molar-refractivity contribution in [2.45, 2.75) is 107 Å². The molecule has 2 heterocycles. The van der Waals surface area contributed by atoms with Crippen molar-refractivity contribution in [1.29, 1.82) is 0 Å². The smallest absolute Gasteiger partial charge is 0.364 e. The van der Waals surface area contributed by atoms with Crippen molar-refractivity contribution in [1.82, 2.24) is 5.32 Å². The molecule has 0 aromatic rings. The largest absolute Gasteiger partial charge is 0.477 e. The first kappa shape index (κ1) is 37.3. The van der Waals surface area contributed by atoms with Gasteiger partial charge in [0, 0.05) is 20.0 Å². The number of carboxylic acid groups (broad SMARTS) is 1. The molecule has 17 heteroatoms. The molecule has 250 valence electrons. The van der Waals surface area contributed by atoms with Gasteiger partial charge >= 0.3 is 5.97 Å². The number of rotatable bonds is 20. The Morgan fingerprint density at radius 2 is 1.79 bits per heavy atom. The van der Waals surface area contributed by atoms with E-state index in [1.807, 2.05) is 0 Å². The molecule has 17 nitrogen and oxygen atoms in total. The van der Waals surface area contributed by atoms with E-state index >= 15 is 0 Å². The first-order valence-corrected chi connectivity index (χ1v) is 13.9. The van der Waals surface area contributed by atoms with Crippen molar-refractivity contribution < 1.29 is 78.9 Å². The highest BCUT2D eigenvalue weighted by molar-refractivity contribution is 5.76. The molecule has 0 saturated carbocycles. The monoisotopic (exact) mass is 627 g/mol. The fourth-order valence-electron chi connectivity index (χ4n) is 4.64. The summed E-state index contributed by atoms with van der Waals surface area (Å²) in [5.41, 5.74) is -0.170. The van der Waals surface area contributed by atoms with Gasteiger partial charge in [0.1, 0.15) is 48.8 Å². The molecule has 43 heavy (non-hydrogen) atoms. The molecule has 0 aromatic carbocycles. The van der Waals surface area contributed by atoms with Gasteiger partial charge in [-0.3, -0.25) is 4.79 Å². The van der Waals surface area contributed by atoms with Gasteiger partial charge in [0.2, 0.25) is 5.91 Å². The van der Waals surface area contributed by atoms with Crippen LogP contribution >= 0.6 is 0 Å². The second-order valence-electron chi connectivity index (χ2n) is 10.4. The minimum Gasteiger partial charge on any atom is -0.477 e. The maximum Gasteiger partial charge on any atom is 0.364 e. The number of fused-ring (bicyclic) bond motifs is 1. The van der Waals surface area contributed by atoms with Gasteiger partial charge in [-0.05, 0) is 18.9 Å². The van der Waals surface area contributed by atoms with Crippen LogP contribution in [0.15, 0.2) is 12.2 Å². The van der Waals surface area contributed by atoms with Crippen LogP contribution in [0.4, 0.5) is 0 Å². The summed E-state index contributed by atoms with van der Waals surface area (Å²) < 4.78 is 33.8. The molecular weight excluding hydrogens is 582 g/mol. The molecule has 5 unspecified atom stereocenters. The molecule has 2 rings (SSSR count). The molecule has 2 fully saturated rings.